The summed E-state index contributed by atoms with van der Waals surface area (Å²) in [6.07, 6.45) is -10.3. The Hall–Kier alpha value is -9.02. The highest BCUT2D eigenvalue weighted by Crippen LogP contribution is 2.50. The largest absolute Gasteiger partial charge is 0.417 e. The highest BCUT2D eigenvalue weighted by Gasteiger charge is 2.41. The van der Waals surface area contributed by atoms with Crippen molar-refractivity contribution in [1.29, 1.82) is 0 Å². The van der Waals surface area contributed by atoms with Gasteiger partial charge < -0.3 is 18.3 Å². The molecule has 0 radical (unpaired) electrons. The Morgan fingerprint density at radius 1 is 0.222 bits per heavy atom. The molecule has 0 saturated heterocycles. The van der Waals surface area contributed by atoms with E-state index in [-0.39, 0.29) is 22.7 Å². The Labute approximate surface area is 406 Å². The Morgan fingerprint density at radius 2 is 0.389 bits per heavy atom. The molecule has 14 rings (SSSR count). The molecule has 0 saturated carbocycles. The second-order valence-electron chi connectivity index (χ2n) is 18.2. The molecule has 0 N–H and O–H groups in total. The third-order valence-electron chi connectivity index (χ3n) is 14.4. The number of para-hydroxylation sites is 8. The normalized spacial score (nSPS) is 12.6. The fraction of sp³-hybridized carbons (Fsp3) is 0.0323. The number of fused-ring (bicyclic) bond motifs is 12. The van der Waals surface area contributed by atoms with Crippen molar-refractivity contribution in [2.75, 3.05) is 0 Å². The van der Waals surface area contributed by atoms with Gasteiger partial charge in [-0.15, -0.1) is 0 Å². The third-order valence-corrected chi connectivity index (χ3v) is 14.4. The monoisotopic (exact) mass is 950 g/mol. The van der Waals surface area contributed by atoms with Crippen LogP contribution in [0.15, 0.2) is 218 Å². The summed E-state index contributed by atoms with van der Waals surface area (Å²) >= 11 is 0. The van der Waals surface area contributed by atoms with Gasteiger partial charge in [-0.3, -0.25) is 0 Å². The highest BCUT2D eigenvalue weighted by molar-refractivity contribution is 6.14. The van der Waals surface area contributed by atoms with E-state index in [2.05, 4.69) is 0 Å². The molecule has 0 unspecified atom stereocenters. The summed E-state index contributed by atoms with van der Waals surface area (Å²) < 4.78 is 107. The maximum absolute atomic E-state index is 16.5. The first-order chi connectivity index (χ1) is 35.0. The van der Waals surface area contributed by atoms with Gasteiger partial charge in [-0.2, -0.15) is 26.3 Å². The Bertz CT molecular complexity index is 4060. The lowest BCUT2D eigenvalue weighted by atomic mass is 9.91. The predicted octanol–water partition coefficient (Wildman–Crippen LogP) is 17.8. The minimum Gasteiger partial charge on any atom is -0.307 e. The molecule has 72 heavy (non-hydrogen) atoms. The minimum atomic E-state index is -5.14. The molecule has 0 amide bonds. The van der Waals surface area contributed by atoms with Gasteiger partial charge in [0.05, 0.1) is 78.0 Å². The summed E-state index contributed by atoms with van der Waals surface area (Å²) in [6.45, 7) is 0. The lowest BCUT2D eigenvalue weighted by Gasteiger charge is -2.25. The fourth-order valence-corrected chi connectivity index (χ4v) is 11.5. The smallest absolute Gasteiger partial charge is 0.307 e. The van der Waals surface area contributed by atoms with E-state index in [1.54, 1.807) is 0 Å². The maximum atomic E-state index is 16.5. The summed E-state index contributed by atoms with van der Waals surface area (Å²) in [5.41, 5.74) is 2.42. The SMILES string of the molecule is FC(F)(F)c1cc(-n2c3ccccc3c3ccccc32)c(-n2c3ccccc3c3ccccc32)cc1-c1cc(-n2c3ccccc3c3ccccc32)c(-n2c3ccccc3c3ccccc32)cc1C(F)(F)F. The van der Waals surface area contributed by atoms with Gasteiger partial charge in [-0.05, 0) is 83.9 Å². The van der Waals surface area contributed by atoms with Crippen LogP contribution >= 0.6 is 0 Å². The molecule has 0 bridgehead atoms. The van der Waals surface area contributed by atoms with E-state index in [1.165, 1.54) is 12.1 Å². The average Bonchev–Trinajstić information content (AvgIpc) is 4.13. The first-order valence-corrected chi connectivity index (χ1v) is 23.5. The third kappa shape index (κ3) is 6.01. The van der Waals surface area contributed by atoms with Crippen molar-refractivity contribution >= 4 is 87.2 Å². The summed E-state index contributed by atoms with van der Waals surface area (Å²) in [4.78, 5) is 0. The van der Waals surface area contributed by atoms with Gasteiger partial charge in [0.1, 0.15) is 0 Å². The standard InChI is InChI=1S/C62H36F6N4/c63-61(64,65)47-35-59(71-53-29-13-5-21-41(53)42-22-6-14-30-54(42)71)57(69-49-25-9-1-17-37(49)38-18-2-10-26-50(38)69)33-45(47)46-34-58(70-51-27-11-3-19-39(51)40-20-4-12-28-52(40)70)60(36-48(46)62(66,67)68)72-55-31-15-7-23-43(55)44-24-8-16-32-56(44)72/h1-36H. The first kappa shape index (κ1) is 41.9. The molecule has 4 nitrogen and oxygen atoms in total. The quantitative estimate of drug-likeness (QED) is 0.153. The molecular weight excluding hydrogens is 915 g/mol. The average molecular weight is 951 g/mol. The second kappa shape index (κ2) is 15.2. The minimum absolute atomic E-state index is 0.146. The van der Waals surface area contributed by atoms with Crippen LogP contribution in [0, 0.1) is 0 Å². The van der Waals surface area contributed by atoms with Crippen LogP contribution in [0.25, 0.3) is 121 Å². The molecule has 0 aliphatic rings. The van der Waals surface area contributed by atoms with Crippen molar-refractivity contribution in [3.63, 3.8) is 0 Å². The van der Waals surface area contributed by atoms with E-state index >= 15 is 26.3 Å². The van der Waals surface area contributed by atoms with Crippen LogP contribution in [0.3, 0.4) is 0 Å². The number of nitrogens with zero attached hydrogens (tertiary/aromatic N) is 4. The van der Waals surface area contributed by atoms with Crippen LogP contribution in [0.5, 0.6) is 0 Å². The number of halogens is 6. The van der Waals surface area contributed by atoms with Crippen LogP contribution in [0.2, 0.25) is 0 Å². The van der Waals surface area contributed by atoms with Crippen LogP contribution < -0.4 is 0 Å². The number of rotatable bonds is 5. The molecule has 346 valence electrons. The van der Waals surface area contributed by atoms with Crippen LogP contribution in [0.4, 0.5) is 26.3 Å². The molecule has 0 spiro atoms. The van der Waals surface area contributed by atoms with Crippen LogP contribution in [-0.2, 0) is 12.4 Å². The van der Waals surface area contributed by atoms with Gasteiger partial charge in [0.25, 0.3) is 0 Å². The van der Waals surface area contributed by atoms with Gasteiger partial charge in [0, 0.05) is 43.1 Å². The van der Waals surface area contributed by atoms with Crippen molar-refractivity contribution in [3.05, 3.63) is 230 Å². The van der Waals surface area contributed by atoms with Gasteiger partial charge in [0.2, 0.25) is 0 Å². The molecule has 14 aromatic rings. The van der Waals surface area contributed by atoms with Crippen molar-refractivity contribution in [3.8, 4) is 33.9 Å². The van der Waals surface area contributed by atoms with Gasteiger partial charge in [-0.1, -0.05) is 146 Å². The Morgan fingerprint density at radius 3 is 0.569 bits per heavy atom. The van der Waals surface area contributed by atoms with E-state index in [4.69, 9.17) is 0 Å². The topological polar surface area (TPSA) is 19.7 Å². The first-order valence-electron chi connectivity index (χ1n) is 23.5. The molecule has 4 heterocycles. The zero-order valence-corrected chi connectivity index (χ0v) is 37.8. The molecule has 4 aromatic heterocycles. The fourth-order valence-electron chi connectivity index (χ4n) is 11.5. The number of hydrogen-bond donors (Lipinski definition) is 0. The highest BCUT2D eigenvalue weighted by atomic mass is 19.4. The van der Waals surface area contributed by atoms with E-state index in [9.17, 15) is 0 Å². The number of hydrogen-bond acceptors (Lipinski definition) is 0. The summed E-state index contributed by atoms with van der Waals surface area (Å²) in [6, 6.07) is 65.2. The van der Waals surface area contributed by atoms with Crippen LogP contribution in [-0.4, -0.2) is 18.3 Å². The van der Waals surface area contributed by atoms with Crippen molar-refractivity contribution in [2.24, 2.45) is 0 Å². The lowest BCUT2D eigenvalue weighted by molar-refractivity contribution is -0.139. The van der Waals surface area contributed by atoms with Crippen molar-refractivity contribution in [2.45, 2.75) is 12.4 Å². The number of aromatic nitrogens is 4. The Kier molecular flexibility index (Phi) is 8.87. The van der Waals surface area contributed by atoms with Gasteiger partial charge in [0.15, 0.2) is 0 Å². The van der Waals surface area contributed by atoms with E-state index in [0.29, 0.717) is 44.1 Å². The van der Waals surface area contributed by atoms with Crippen molar-refractivity contribution < 1.29 is 26.3 Å². The second-order valence-corrected chi connectivity index (χ2v) is 18.2. The summed E-state index contributed by atoms with van der Waals surface area (Å²) in [5, 5.41) is 6.60. The summed E-state index contributed by atoms with van der Waals surface area (Å²) in [7, 11) is 0. The molecule has 0 aliphatic heterocycles. The Balaban J connectivity index is 1.19. The molecule has 0 aliphatic carbocycles. The van der Waals surface area contributed by atoms with E-state index < -0.39 is 34.6 Å². The molecule has 0 atom stereocenters. The predicted molar refractivity (Wildman–Crippen MR) is 279 cm³/mol. The maximum Gasteiger partial charge on any atom is 0.417 e. The summed E-state index contributed by atoms with van der Waals surface area (Å²) in [5.74, 6) is 0. The van der Waals surface area contributed by atoms with Crippen molar-refractivity contribution in [1.82, 2.24) is 18.3 Å². The molecule has 0 fully saturated rings. The lowest BCUT2D eigenvalue weighted by Crippen LogP contribution is -2.16. The number of benzene rings is 10. The zero-order chi connectivity index (χ0) is 48.6. The van der Waals surface area contributed by atoms with Gasteiger partial charge in [-0.25, -0.2) is 0 Å². The van der Waals surface area contributed by atoms with E-state index in [1.807, 2.05) is 212 Å². The molecule has 10 aromatic carbocycles. The zero-order valence-electron chi connectivity index (χ0n) is 37.8. The number of alkyl halides is 6. The van der Waals surface area contributed by atoms with E-state index in [0.717, 1.165) is 55.2 Å². The van der Waals surface area contributed by atoms with Gasteiger partial charge >= 0.3 is 12.4 Å². The van der Waals surface area contributed by atoms with Crippen LogP contribution in [0.1, 0.15) is 11.1 Å². The molecule has 10 heteroatoms. The molecular formula is C62H36F6N4.